The monoisotopic (exact) mass is 262 g/mol. The zero-order chi connectivity index (χ0) is 12.9. The van der Waals surface area contributed by atoms with Crippen LogP contribution in [0.5, 0.6) is 0 Å². The molecule has 17 heavy (non-hydrogen) atoms. The predicted octanol–water partition coefficient (Wildman–Crippen LogP) is 1.44. The van der Waals surface area contributed by atoms with Gasteiger partial charge in [0.1, 0.15) is 0 Å². The first-order chi connectivity index (χ1) is 7.97. The van der Waals surface area contributed by atoms with Gasteiger partial charge in [0.25, 0.3) is 0 Å². The lowest BCUT2D eigenvalue weighted by Crippen LogP contribution is -2.37. The summed E-state index contributed by atoms with van der Waals surface area (Å²) in [6.07, 6.45) is 3.90. The van der Waals surface area contributed by atoms with Gasteiger partial charge in [-0.05, 0) is 51.6 Å². The number of hydrogen-bond acceptors (Lipinski definition) is 3. The highest BCUT2D eigenvalue weighted by Gasteiger charge is 2.24. The predicted molar refractivity (Wildman–Crippen MR) is 71.5 cm³/mol. The van der Waals surface area contributed by atoms with Gasteiger partial charge in [-0.25, -0.2) is 12.7 Å². The van der Waals surface area contributed by atoms with Gasteiger partial charge in [-0.3, -0.25) is 0 Å². The smallest absolute Gasteiger partial charge is 0.214 e. The Labute approximate surface area is 106 Å². The lowest BCUT2D eigenvalue weighted by molar-refractivity contribution is 0.353. The Balaban J connectivity index is 2.43. The van der Waals surface area contributed by atoms with Gasteiger partial charge in [-0.1, -0.05) is 6.92 Å². The van der Waals surface area contributed by atoms with Gasteiger partial charge in [0.15, 0.2) is 0 Å². The molecule has 1 saturated heterocycles. The molecule has 0 amide bonds. The minimum absolute atomic E-state index is 0.105. The molecule has 0 radical (unpaired) electrons. The van der Waals surface area contributed by atoms with Crippen LogP contribution in [0.25, 0.3) is 0 Å². The van der Waals surface area contributed by atoms with Crippen LogP contribution in [0.2, 0.25) is 0 Å². The summed E-state index contributed by atoms with van der Waals surface area (Å²) in [4.78, 5) is 0. The fourth-order valence-corrected chi connectivity index (χ4v) is 3.78. The van der Waals surface area contributed by atoms with Crippen LogP contribution in [0, 0.1) is 5.92 Å². The maximum Gasteiger partial charge on any atom is 0.214 e. The molecule has 0 saturated carbocycles. The molecule has 0 aromatic heterocycles. The molecule has 1 atom stereocenters. The van der Waals surface area contributed by atoms with Crippen LogP contribution in [0.3, 0.4) is 0 Å². The van der Waals surface area contributed by atoms with Gasteiger partial charge in [0.05, 0.1) is 5.75 Å². The molecule has 0 bridgehead atoms. The highest BCUT2D eigenvalue weighted by Crippen LogP contribution is 2.18. The Morgan fingerprint density at radius 1 is 1.35 bits per heavy atom. The van der Waals surface area contributed by atoms with E-state index in [4.69, 9.17) is 0 Å². The average molecular weight is 262 g/mol. The first-order valence-corrected chi connectivity index (χ1v) is 8.24. The van der Waals surface area contributed by atoms with Crippen molar-refractivity contribution in [2.24, 2.45) is 5.92 Å². The summed E-state index contributed by atoms with van der Waals surface area (Å²) in [5.74, 6) is 0.884. The molecule has 1 aliphatic rings. The molecule has 1 heterocycles. The third-order valence-electron chi connectivity index (χ3n) is 3.89. The van der Waals surface area contributed by atoms with Crippen LogP contribution in [-0.2, 0) is 10.0 Å². The number of piperidine rings is 1. The molecular weight excluding hydrogens is 236 g/mol. The average Bonchev–Trinajstić information content (AvgIpc) is 2.36. The lowest BCUT2D eigenvalue weighted by Gasteiger charge is -2.26. The van der Waals surface area contributed by atoms with E-state index in [0.717, 1.165) is 38.8 Å². The normalized spacial score (nSPS) is 20.7. The Bertz CT molecular complexity index is 310. The van der Waals surface area contributed by atoms with Crippen molar-refractivity contribution in [2.75, 3.05) is 25.9 Å². The molecule has 5 heteroatoms. The highest BCUT2D eigenvalue weighted by molar-refractivity contribution is 7.89. The second-order valence-corrected chi connectivity index (χ2v) is 7.22. The summed E-state index contributed by atoms with van der Waals surface area (Å²) in [5.41, 5.74) is 0. The molecular formula is C12H26N2O2S. The molecule has 1 fully saturated rings. The van der Waals surface area contributed by atoms with E-state index in [1.807, 2.05) is 13.8 Å². The first-order valence-electron chi connectivity index (χ1n) is 6.63. The SMILES string of the molecule is CCC(C)N(C)S(=O)(=O)CCC1CCNCC1. The Hall–Kier alpha value is -0.130. The van der Waals surface area contributed by atoms with Crippen molar-refractivity contribution in [2.45, 2.75) is 45.6 Å². The zero-order valence-corrected chi connectivity index (χ0v) is 12.1. The first kappa shape index (κ1) is 14.9. The Morgan fingerprint density at radius 3 is 2.47 bits per heavy atom. The zero-order valence-electron chi connectivity index (χ0n) is 11.3. The van der Waals surface area contributed by atoms with E-state index in [-0.39, 0.29) is 6.04 Å². The van der Waals surface area contributed by atoms with E-state index in [1.54, 1.807) is 7.05 Å². The van der Waals surface area contributed by atoms with Gasteiger partial charge < -0.3 is 5.32 Å². The minimum atomic E-state index is -3.06. The summed E-state index contributed by atoms with van der Waals surface area (Å²) in [6, 6.07) is 0.105. The molecule has 0 aromatic rings. The number of rotatable bonds is 6. The van der Waals surface area contributed by atoms with E-state index in [1.165, 1.54) is 4.31 Å². The van der Waals surface area contributed by atoms with E-state index in [2.05, 4.69) is 5.32 Å². The Kier molecular flexibility index (Phi) is 5.89. The van der Waals surface area contributed by atoms with E-state index in [0.29, 0.717) is 11.7 Å². The van der Waals surface area contributed by atoms with Gasteiger partial charge in [-0.15, -0.1) is 0 Å². The second kappa shape index (κ2) is 6.71. The van der Waals surface area contributed by atoms with Crippen molar-refractivity contribution in [3.05, 3.63) is 0 Å². The van der Waals surface area contributed by atoms with Gasteiger partial charge in [0, 0.05) is 13.1 Å². The van der Waals surface area contributed by atoms with Crippen molar-refractivity contribution < 1.29 is 8.42 Å². The molecule has 1 unspecified atom stereocenters. The van der Waals surface area contributed by atoms with Crippen LogP contribution >= 0.6 is 0 Å². The number of nitrogens with zero attached hydrogens (tertiary/aromatic N) is 1. The van der Waals surface area contributed by atoms with E-state index in [9.17, 15) is 8.42 Å². The molecule has 1 rings (SSSR count). The number of nitrogens with one attached hydrogen (secondary N) is 1. The molecule has 1 N–H and O–H groups in total. The molecule has 0 aromatic carbocycles. The maximum atomic E-state index is 12.1. The van der Waals surface area contributed by atoms with Crippen LogP contribution in [0.1, 0.15) is 39.5 Å². The van der Waals surface area contributed by atoms with Crippen molar-refractivity contribution in [1.29, 1.82) is 0 Å². The fourth-order valence-electron chi connectivity index (χ4n) is 2.16. The summed E-state index contributed by atoms with van der Waals surface area (Å²) >= 11 is 0. The lowest BCUT2D eigenvalue weighted by atomic mass is 9.96. The fraction of sp³-hybridized carbons (Fsp3) is 1.00. The molecule has 1 aliphatic heterocycles. The highest BCUT2D eigenvalue weighted by atomic mass is 32.2. The topological polar surface area (TPSA) is 49.4 Å². The largest absolute Gasteiger partial charge is 0.317 e. The Morgan fingerprint density at radius 2 is 1.94 bits per heavy atom. The van der Waals surface area contributed by atoms with E-state index >= 15 is 0 Å². The van der Waals surface area contributed by atoms with Crippen LogP contribution in [0.15, 0.2) is 0 Å². The van der Waals surface area contributed by atoms with Crippen molar-refractivity contribution in [3.8, 4) is 0 Å². The number of sulfonamides is 1. The molecule has 4 nitrogen and oxygen atoms in total. The number of hydrogen-bond donors (Lipinski definition) is 1. The quantitative estimate of drug-likeness (QED) is 0.788. The van der Waals surface area contributed by atoms with Gasteiger partial charge >= 0.3 is 0 Å². The molecule has 0 aliphatic carbocycles. The summed E-state index contributed by atoms with van der Waals surface area (Å²) in [7, 11) is -1.36. The minimum Gasteiger partial charge on any atom is -0.317 e. The van der Waals surface area contributed by atoms with Gasteiger partial charge in [-0.2, -0.15) is 0 Å². The van der Waals surface area contributed by atoms with Crippen molar-refractivity contribution >= 4 is 10.0 Å². The van der Waals surface area contributed by atoms with Gasteiger partial charge in [0.2, 0.25) is 10.0 Å². The van der Waals surface area contributed by atoms with Crippen molar-refractivity contribution in [3.63, 3.8) is 0 Å². The summed E-state index contributed by atoms with van der Waals surface area (Å²) < 4.78 is 25.7. The summed E-state index contributed by atoms with van der Waals surface area (Å²) in [6.45, 7) is 6.05. The third-order valence-corrected chi connectivity index (χ3v) is 5.88. The van der Waals surface area contributed by atoms with Crippen LogP contribution in [0.4, 0.5) is 0 Å². The van der Waals surface area contributed by atoms with Crippen molar-refractivity contribution in [1.82, 2.24) is 9.62 Å². The van der Waals surface area contributed by atoms with Crippen LogP contribution < -0.4 is 5.32 Å². The standard InChI is InChI=1S/C12H26N2O2S/c1-4-11(2)14(3)17(15,16)10-7-12-5-8-13-9-6-12/h11-13H,4-10H2,1-3H3. The third kappa shape index (κ3) is 4.56. The maximum absolute atomic E-state index is 12.1. The molecule has 0 spiro atoms. The second-order valence-electron chi connectivity index (χ2n) is 5.07. The van der Waals surface area contributed by atoms with E-state index < -0.39 is 10.0 Å². The summed E-state index contributed by atoms with van der Waals surface area (Å²) in [5, 5.41) is 3.30. The van der Waals surface area contributed by atoms with Crippen LogP contribution in [-0.4, -0.2) is 44.7 Å². The molecule has 102 valence electrons.